The maximum absolute atomic E-state index is 12.5. The molecule has 2 heterocycles. The van der Waals surface area contributed by atoms with E-state index in [4.69, 9.17) is 0 Å². The van der Waals surface area contributed by atoms with Gasteiger partial charge in [-0.25, -0.2) is 0 Å². The summed E-state index contributed by atoms with van der Waals surface area (Å²) in [4.78, 5) is 27.0. The molecular weight excluding hydrogens is 312 g/mol. The molecule has 2 aliphatic rings. The molecule has 0 N–H and O–H groups in total. The Hall–Kier alpha value is -1.52. The lowest BCUT2D eigenvalue weighted by Gasteiger charge is -2.13. The predicted octanol–water partition coefficient (Wildman–Crippen LogP) is 4.73. The van der Waals surface area contributed by atoms with Gasteiger partial charge < -0.3 is 0 Å². The summed E-state index contributed by atoms with van der Waals surface area (Å²) in [7, 11) is 0. The maximum Gasteiger partial charge on any atom is 0.178 e. The number of hydrogen-bond acceptors (Lipinski definition) is 4. The van der Waals surface area contributed by atoms with E-state index in [1.807, 2.05) is 62.4 Å². The molecule has 0 saturated carbocycles. The SMILES string of the molecule is CC.O=C1c2ccccc2SC1C1Sc2ccccc2C1=O. The van der Waals surface area contributed by atoms with Crippen LogP contribution in [0.3, 0.4) is 0 Å². The monoisotopic (exact) mass is 328 g/mol. The largest absolute Gasteiger partial charge is 0.293 e. The van der Waals surface area contributed by atoms with Crippen molar-refractivity contribution in [2.24, 2.45) is 0 Å². The van der Waals surface area contributed by atoms with Crippen molar-refractivity contribution in [3.63, 3.8) is 0 Å². The molecule has 2 unspecified atom stereocenters. The van der Waals surface area contributed by atoms with E-state index in [0.29, 0.717) is 0 Å². The van der Waals surface area contributed by atoms with E-state index in [1.165, 1.54) is 23.5 Å². The third-order valence-corrected chi connectivity index (χ3v) is 6.48. The van der Waals surface area contributed by atoms with Crippen LogP contribution in [-0.4, -0.2) is 22.1 Å². The van der Waals surface area contributed by atoms with Gasteiger partial charge in [0, 0.05) is 20.9 Å². The average Bonchev–Trinajstić information content (AvgIpc) is 3.08. The van der Waals surface area contributed by atoms with Gasteiger partial charge in [0.25, 0.3) is 0 Å². The Kier molecular flexibility index (Phi) is 4.41. The second-order valence-electron chi connectivity index (χ2n) is 4.80. The van der Waals surface area contributed by atoms with Crippen molar-refractivity contribution in [2.45, 2.75) is 34.1 Å². The number of hydrogen-bond donors (Lipinski definition) is 0. The van der Waals surface area contributed by atoms with Crippen LogP contribution in [0.15, 0.2) is 58.3 Å². The van der Waals surface area contributed by atoms with E-state index in [9.17, 15) is 9.59 Å². The molecule has 0 spiro atoms. The fourth-order valence-corrected chi connectivity index (χ4v) is 5.38. The molecule has 2 aliphatic heterocycles. The Balaban J connectivity index is 0.000000693. The molecule has 0 bridgehead atoms. The Bertz CT molecular complexity index is 676. The van der Waals surface area contributed by atoms with Crippen LogP contribution in [0.1, 0.15) is 34.6 Å². The first-order valence-corrected chi connectivity index (χ1v) is 9.11. The van der Waals surface area contributed by atoms with E-state index in [1.54, 1.807) is 0 Å². The molecule has 4 heteroatoms. The Labute approximate surface area is 138 Å². The summed E-state index contributed by atoms with van der Waals surface area (Å²) in [6.45, 7) is 4.00. The van der Waals surface area contributed by atoms with Crippen molar-refractivity contribution < 1.29 is 9.59 Å². The summed E-state index contributed by atoms with van der Waals surface area (Å²) in [5.74, 6) is 0.175. The topological polar surface area (TPSA) is 34.1 Å². The third kappa shape index (κ3) is 2.40. The van der Waals surface area contributed by atoms with Crippen LogP contribution >= 0.6 is 23.5 Å². The minimum atomic E-state index is -0.294. The fraction of sp³-hybridized carbons (Fsp3) is 0.222. The molecule has 0 fully saturated rings. The van der Waals surface area contributed by atoms with Crippen LogP contribution in [0, 0.1) is 0 Å². The van der Waals surface area contributed by atoms with Gasteiger partial charge in [-0.05, 0) is 12.1 Å². The highest BCUT2D eigenvalue weighted by Gasteiger charge is 2.44. The zero-order valence-electron chi connectivity index (χ0n) is 12.4. The highest BCUT2D eigenvalue weighted by atomic mass is 32.2. The lowest BCUT2D eigenvalue weighted by molar-refractivity contribution is 0.0934. The van der Waals surface area contributed by atoms with E-state index in [2.05, 4.69) is 0 Å². The van der Waals surface area contributed by atoms with Crippen molar-refractivity contribution in [2.75, 3.05) is 0 Å². The summed E-state index contributed by atoms with van der Waals surface area (Å²) in [5.41, 5.74) is 1.51. The number of carbonyl (C=O) groups is 2. The fourth-order valence-electron chi connectivity index (χ4n) is 2.63. The van der Waals surface area contributed by atoms with Gasteiger partial charge in [0.15, 0.2) is 11.6 Å². The number of benzene rings is 2. The predicted molar refractivity (Wildman–Crippen MR) is 92.2 cm³/mol. The third-order valence-electron chi connectivity index (χ3n) is 3.60. The molecule has 2 aromatic rings. The Morgan fingerprint density at radius 1 is 0.682 bits per heavy atom. The molecule has 112 valence electrons. The van der Waals surface area contributed by atoms with E-state index >= 15 is 0 Å². The number of Topliss-reactive ketones (excluding diaryl/α,β-unsaturated/α-hetero) is 2. The summed E-state index contributed by atoms with van der Waals surface area (Å²) in [5, 5.41) is -0.588. The zero-order valence-corrected chi connectivity index (χ0v) is 14.0. The summed E-state index contributed by atoms with van der Waals surface area (Å²) >= 11 is 3.05. The molecule has 2 nitrogen and oxygen atoms in total. The lowest BCUT2D eigenvalue weighted by atomic mass is 10.0. The normalized spacial score (nSPS) is 21.9. The standard InChI is InChI=1S/C16H10O2S2.C2H6/c17-13-9-5-1-3-7-11(9)19-15(13)16-14(18)10-6-2-4-8-12(10)20-16;1-2/h1-8,15-16H;1-2H3. The molecule has 0 radical (unpaired) electrons. The van der Waals surface area contributed by atoms with Crippen molar-refractivity contribution in [3.05, 3.63) is 59.7 Å². The van der Waals surface area contributed by atoms with E-state index in [-0.39, 0.29) is 22.1 Å². The molecule has 4 rings (SSSR count). The zero-order chi connectivity index (χ0) is 15.7. The molecule has 2 atom stereocenters. The van der Waals surface area contributed by atoms with Gasteiger partial charge in [-0.3, -0.25) is 9.59 Å². The van der Waals surface area contributed by atoms with E-state index < -0.39 is 0 Å². The van der Waals surface area contributed by atoms with E-state index in [0.717, 1.165) is 20.9 Å². The number of thioether (sulfide) groups is 2. The molecule has 0 aromatic heterocycles. The van der Waals surface area contributed by atoms with Crippen molar-refractivity contribution in [3.8, 4) is 0 Å². The van der Waals surface area contributed by atoms with Gasteiger partial charge >= 0.3 is 0 Å². The molecule has 22 heavy (non-hydrogen) atoms. The van der Waals surface area contributed by atoms with Gasteiger partial charge in [-0.1, -0.05) is 50.2 Å². The van der Waals surface area contributed by atoms with Crippen LogP contribution < -0.4 is 0 Å². The first kappa shape index (κ1) is 15.4. The number of ketones is 2. The maximum atomic E-state index is 12.5. The van der Waals surface area contributed by atoms with Crippen molar-refractivity contribution in [1.82, 2.24) is 0 Å². The van der Waals surface area contributed by atoms with Gasteiger partial charge in [0.2, 0.25) is 0 Å². The molecule has 0 saturated heterocycles. The van der Waals surface area contributed by atoms with Crippen LogP contribution in [0.2, 0.25) is 0 Å². The smallest absolute Gasteiger partial charge is 0.178 e. The first-order chi connectivity index (χ1) is 10.8. The van der Waals surface area contributed by atoms with Crippen molar-refractivity contribution in [1.29, 1.82) is 0 Å². The second kappa shape index (κ2) is 6.31. The van der Waals surface area contributed by atoms with Crippen LogP contribution in [-0.2, 0) is 0 Å². The van der Waals surface area contributed by atoms with Gasteiger partial charge in [-0.2, -0.15) is 0 Å². The second-order valence-corrected chi connectivity index (χ2v) is 7.16. The number of rotatable bonds is 1. The van der Waals surface area contributed by atoms with Crippen LogP contribution in [0.5, 0.6) is 0 Å². The van der Waals surface area contributed by atoms with Gasteiger partial charge in [0.05, 0.1) is 10.5 Å². The highest BCUT2D eigenvalue weighted by Crippen LogP contribution is 2.47. The van der Waals surface area contributed by atoms with Crippen LogP contribution in [0.25, 0.3) is 0 Å². The highest BCUT2D eigenvalue weighted by molar-refractivity contribution is 8.05. The summed E-state index contributed by atoms with van der Waals surface area (Å²) in [6, 6.07) is 15.2. The Morgan fingerprint density at radius 3 is 1.41 bits per heavy atom. The first-order valence-electron chi connectivity index (χ1n) is 7.35. The minimum Gasteiger partial charge on any atom is -0.293 e. The minimum absolute atomic E-state index is 0.0873. The average molecular weight is 328 g/mol. The Morgan fingerprint density at radius 2 is 1.05 bits per heavy atom. The molecular formula is C18H16O2S2. The van der Waals surface area contributed by atoms with Crippen LogP contribution in [0.4, 0.5) is 0 Å². The quantitative estimate of drug-likeness (QED) is 0.758. The summed E-state index contributed by atoms with van der Waals surface area (Å²) < 4.78 is 0. The lowest BCUT2D eigenvalue weighted by Crippen LogP contribution is -2.29. The molecule has 2 aromatic carbocycles. The van der Waals surface area contributed by atoms with Crippen molar-refractivity contribution >= 4 is 35.1 Å². The molecule has 0 amide bonds. The van der Waals surface area contributed by atoms with Gasteiger partial charge in [0.1, 0.15) is 0 Å². The number of carbonyl (C=O) groups excluding carboxylic acids is 2. The summed E-state index contributed by atoms with van der Waals surface area (Å²) in [6.07, 6.45) is 0. The number of fused-ring (bicyclic) bond motifs is 2. The molecule has 0 aliphatic carbocycles. The van der Waals surface area contributed by atoms with Gasteiger partial charge in [-0.15, -0.1) is 23.5 Å².